The number of benzene rings is 2. The van der Waals surface area contributed by atoms with E-state index in [2.05, 4.69) is 93.0 Å². The molecule has 0 fully saturated rings. The standard InChI is InChI=1S/C11H16P.C9H7.3ClH.Hf/c1-10(9-12(2)3)11-7-5-4-6-8-11;1-2-5-9-7-3-6-8(9)4-1;;;;/h4-8H,9H2,1-3H3;1-7H;3*1H;/q2*-1;;;;. The van der Waals surface area contributed by atoms with Gasteiger partial charge in [-0.25, -0.2) is 0 Å². The quantitative estimate of drug-likeness (QED) is 0.174. The minimum Gasteiger partial charge on any atom is -0.189 e. The molecule has 3 aromatic rings. The zero-order valence-electron chi connectivity index (χ0n) is 14.8. The van der Waals surface area contributed by atoms with Crippen LogP contribution in [0.4, 0.5) is 0 Å². The van der Waals surface area contributed by atoms with Crippen LogP contribution >= 0.6 is 45.1 Å². The van der Waals surface area contributed by atoms with E-state index in [1.54, 1.807) is 0 Å². The molecule has 0 N–H and O–H groups in total. The van der Waals surface area contributed by atoms with Crippen LogP contribution in [0.15, 0.2) is 72.8 Å². The van der Waals surface area contributed by atoms with Gasteiger partial charge in [-0.2, -0.15) is 41.1 Å². The summed E-state index contributed by atoms with van der Waals surface area (Å²) in [6.07, 6.45) is 1.26. The average molecular weight is 582 g/mol. The summed E-state index contributed by atoms with van der Waals surface area (Å²) < 4.78 is 0. The molecule has 25 heavy (non-hydrogen) atoms. The van der Waals surface area contributed by atoms with Crippen molar-refractivity contribution in [2.75, 3.05) is 19.5 Å². The topological polar surface area (TPSA) is 0 Å². The zero-order valence-corrected chi connectivity index (χ0v) is 21.7. The summed E-state index contributed by atoms with van der Waals surface area (Å²) in [7, 11) is 0.199. The van der Waals surface area contributed by atoms with Crippen LogP contribution in [-0.4, -0.2) is 19.5 Å². The third-order valence-corrected chi connectivity index (χ3v) is 4.47. The van der Waals surface area contributed by atoms with Gasteiger partial charge in [0.05, 0.1) is 0 Å². The Kier molecular flexibility index (Phi) is 19.4. The number of fused-ring (bicyclic) bond motifs is 1. The van der Waals surface area contributed by atoms with E-state index in [4.69, 9.17) is 0 Å². The summed E-state index contributed by atoms with van der Waals surface area (Å²) in [4.78, 5) is 0. The van der Waals surface area contributed by atoms with Crippen molar-refractivity contribution in [3.05, 3.63) is 84.3 Å². The summed E-state index contributed by atoms with van der Waals surface area (Å²) in [5.41, 5.74) is 1.40. The van der Waals surface area contributed by atoms with Crippen LogP contribution in [0.1, 0.15) is 12.5 Å². The van der Waals surface area contributed by atoms with Crippen LogP contribution in [0.3, 0.4) is 0 Å². The fourth-order valence-corrected chi connectivity index (χ4v) is 3.49. The maximum Gasteiger partial charge on any atom is 0 e. The first-order valence-electron chi connectivity index (χ1n) is 7.30. The second-order valence-electron chi connectivity index (χ2n) is 5.54. The average Bonchev–Trinajstić information content (AvgIpc) is 2.96. The molecule has 0 unspecified atom stereocenters. The first-order chi connectivity index (χ1) is 10.2. The molecule has 0 bridgehead atoms. The third kappa shape index (κ3) is 10.7. The first kappa shape index (κ1) is 29.8. The van der Waals surface area contributed by atoms with Gasteiger partial charge < -0.3 is 0 Å². The van der Waals surface area contributed by atoms with E-state index in [1.165, 1.54) is 28.4 Å². The predicted octanol–water partition coefficient (Wildman–Crippen LogP) is 7.19. The summed E-state index contributed by atoms with van der Waals surface area (Å²) >= 11 is 0. The molecule has 0 aliphatic carbocycles. The van der Waals surface area contributed by atoms with E-state index in [-0.39, 0.29) is 71.0 Å². The van der Waals surface area contributed by atoms with Crippen molar-refractivity contribution < 1.29 is 25.8 Å². The summed E-state index contributed by atoms with van der Waals surface area (Å²) in [5, 5.41) is 2.66. The molecular formula is C20H26Cl3HfP-2. The van der Waals surface area contributed by atoms with Crippen molar-refractivity contribution in [2.24, 2.45) is 0 Å². The maximum atomic E-state index is 2.32. The van der Waals surface area contributed by atoms with Crippen molar-refractivity contribution in [3.63, 3.8) is 0 Å². The number of halogens is 3. The van der Waals surface area contributed by atoms with E-state index < -0.39 is 0 Å². The summed E-state index contributed by atoms with van der Waals surface area (Å²) in [6, 6.07) is 25.3. The van der Waals surface area contributed by atoms with E-state index >= 15 is 0 Å². The van der Waals surface area contributed by atoms with Crippen LogP contribution in [0, 0.1) is 5.92 Å². The van der Waals surface area contributed by atoms with Crippen molar-refractivity contribution in [3.8, 4) is 0 Å². The largest absolute Gasteiger partial charge is 0.189 e. The van der Waals surface area contributed by atoms with Gasteiger partial charge in [0.25, 0.3) is 0 Å². The molecule has 0 aliphatic heterocycles. The maximum absolute atomic E-state index is 2.32. The van der Waals surface area contributed by atoms with Gasteiger partial charge in [-0.05, 0) is 13.3 Å². The zero-order chi connectivity index (χ0) is 15.1. The molecule has 3 aromatic carbocycles. The van der Waals surface area contributed by atoms with Gasteiger partial charge in [0.15, 0.2) is 0 Å². The third-order valence-electron chi connectivity index (χ3n) is 3.37. The molecule has 0 saturated carbocycles. The minimum absolute atomic E-state index is 0. The van der Waals surface area contributed by atoms with Crippen LogP contribution in [0.2, 0.25) is 0 Å². The molecule has 0 saturated heterocycles. The Morgan fingerprint density at radius 2 is 1.40 bits per heavy atom. The molecule has 0 atom stereocenters. The number of rotatable bonds is 3. The van der Waals surface area contributed by atoms with E-state index in [1.807, 2.05) is 0 Å². The summed E-state index contributed by atoms with van der Waals surface area (Å²) in [5.74, 6) is 1.52. The first-order valence-corrected chi connectivity index (χ1v) is 9.72. The van der Waals surface area contributed by atoms with Crippen molar-refractivity contribution in [2.45, 2.75) is 6.92 Å². The van der Waals surface area contributed by atoms with Crippen LogP contribution < -0.4 is 0 Å². The van der Waals surface area contributed by atoms with E-state index in [0.717, 1.165) is 0 Å². The molecule has 0 nitrogen and oxygen atoms in total. The molecular weight excluding hydrogens is 556 g/mol. The number of hydrogen-bond acceptors (Lipinski definition) is 0. The van der Waals surface area contributed by atoms with Crippen molar-refractivity contribution in [1.29, 1.82) is 0 Å². The number of hydrogen-bond donors (Lipinski definition) is 0. The minimum atomic E-state index is 0. The Morgan fingerprint density at radius 3 is 1.96 bits per heavy atom. The fourth-order valence-electron chi connectivity index (χ4n) is 2.36. The molecule has 0 heterocycles. The van der Waals surface area contributed by atoms with E-state index in [9.17, 15) is 0 Å². The molecule has 138 valence electrons. The molecule has 0 amide bonds. The summed E-state index contributed by atoms with van der Waals surface area (Å²) in [6.45, 7) is 6.88. The SMILES string of the molecule is C[C-](CP(C)C)c1ccccc1.Cl.Cl.Cl.[Hf].c1ccc2[cH-]ccc2c1. The molecule has 0 aliphatic rings. The van der Waals surface area contributed by atoms with Crippen LogP contribution in [0.5, 0.6) is 0 Å². The molecule has 3 rings (SSSR count). The smallest absolute Gasteiger partial charge is 0 e. The predicted molar refractivity (Wildman–Crippen MR) is 119 cm³/mol. The molecule has 0 spiro atoms. The van der Waals surface area contributed by atoms with Gasteiger partial charge in [-0.1, -0.05) is 25.2 Å². The van der Waals surface area contributed by atoms with Gasteiger partial charge in [-0.3, -0.25) is 0 Å². The van der Waals surface area contributed by atoms with Gasteiger partial charge in [0.2, 0.25) is 0 Å². The Morgan fingerprint density at radius 1 is 0.840 bits per heavy atom. The van der Waals surface area contributed by atoms with Gasteiger partial charge >= 0.3 is 0 Å². The Bertz CT molecular complexity index is 626. The Balaban J connectivity index is -0.000000341. The van der Waals surface area contributed by atoms with Crippen molar-refractivity contribution in [1.82, 2.24) is 0 Å². The molecule has 0 radical (unpaired) electrons. The monoisotopic (exact) mass is 582 g/mol. The Labute approximate surface area is 191 Å². The normalized spacial score (nSPS) is 8.64. The van der Waals surface area contributed by atoms with Gasteiger partial charge in [-0.15, -0.1) is 86.9 Å². The second-order valence-corrected chi connectivity index (χ2v) is 8.01. The molecule has 0 aromatic heterocycles. The van der Waals surface area contributed by atoms with Crippen LogP contribution in [0.25, 0.3) is 10.8 Å². The van der Waals surface area contributed by atoms with Gasteiger partial charge in [0, 0.05) is 25.8 Å². The van der Waals surface area contributed by atoms with Crippen LogP contribution in [-0.2, 0) is 25.8 Å². The second kappa shape index (κ2) is 16.3. The van der Waals surface area contributed by atoms with Crippen molar-refractivity contribution >= 4 is 55.9 Å². The molecule has 5 heteroatoms. The Hall–Kier alpha value is 0.0901. The van der Waals surface area contributed by atoms with Gasteiger partial charge in [0.1, 0.15) is 0 Å². The van der Waals surface area contributed by atoms with E-state index in [0.29, 0.717) is 0 Å². The fraction of sp³-hybridized carbons (Fsp3) is 0.200.